The van der Waals surface area contributed by atoms with Crippen molar-refractivity contribution in [1.29, 1.82) is 0 Å². The summed E-state index contributed by atoms with van der Waals surface area (Å²) in [6.07, 6.45) is 6.61. The van der Waals surface area contributed by atoms with E-state index in [1.54, 1.807) is 30.3 Å². The number of hydrogen-bond donors (Lipinski definition) is 0. The van der Waals surface area contributed by atoms with Crippen molar-refractivity contribution >= 4 is 12.2 Å². The largest absolute Gasteiger partial charge is 0.448 e. The SMILES string of the molecule is C=CC[C@]1(O[C@@H]2CCCC[C@H]2c2ccccc2)C[C@H](OC(=O)c2ccccc2)C=[N+]([O-])O1. The van der Waals surface area contributed by atoms with Crippen molar-refractivity contribution in [3.05, 3.63) is 89.7 Å². The molecule has 0 N–H and O–H groups in total. The van der Waals surface area contributed by atoms with Crippen LogP contribution in [-0.4, -0.2) is 35.1 Å². The number of rotatable bonds is 7. The summed E-state index contributed by atoms with van der Waals surface area (Å²) in [4.78, 5) is 18.6. The minimum absolute atomic E-state index is 0.108. The van der Waals surface area contributed by atoms with Crippen LogP contribution in [0.3, 0.4) is 0 Å². The summed E-state index contributed by atoms with van der Waals surface area (Å²) in [5.74, 6) is -1.52. The second-order valence-corrected chi connectivity index (χ2v) is 8.40. The van der Waals surface area contributed by atoms with Gasteiger partial charge in [-0.15, -0.1) is 6.58 Å². The van der Waals surface area contributed by atoms with Gasteiger partial charge in [-0.1, -0.05) is 67.4 Å². The summed E-state index contributed by atoms with van der Waals surface area (Å²) < 4.78 is 12.2. The quantitative estimate of drug-likeness (QED) is 0.342. The van der Waals surface area contributed by atoms with Gasteiger partial charge < -0.3 is 14.3 Å². The van der Waals surface area contributed by atoms with E-state index >= 15 is 0 Å². The fourth-order valence-corrected chi connectivity index (χ4v) is 4.63. The highest BCUT2D eigenvalue weighted by atomic mass is 16.9. The summed E-state index contributed by atoms with van der Waals surface area (Å²) in [6, 6.07) is 19.0. The smallest absolute Gasteiger partial charge is 0.338 e. The fraction of sp³-hybridized carbons (Fsp3) is 0.385. The number of hydrogen-bond acceptors (Lipinski definition) is 5. The summed E-state index contributed by atoms with van der Waals surface area (Å²) in [6.45, 7) is 3.83. The molecular weight excluding hydrogens is 406 g/mol. The third-order valence-corrected chi connectivity index (χ3v) is 6.08. The van der Waals surface area contributed by atoms with Gasteiger partial charge in [0.15, 0.2) is 11.9 Å². The summed E-state index contributed by atoms with van der Waals surface area (Å²) in [7, 11) is 0. The molecule has 0 amide bonds. The molecule has 2 aliphatic rings. The molecule has 168 valence electrons. The molecule has 0 bridgehead atoms. The van der Waals surface area contributed by atoms with Crippen LogP contribution >= 0.6 is 0 Å². The molecule has 4 atom stereocenters. The molecule has 6 heteroatoms. The van der Waals surface area contributed by atoms with Gasteiger partial charge in [0.1, 0.15) is 0 Å². The maximum Gasteiger partial charge on any atom is 0.338 e. The zero-order valence-corrected chi connectivity index (χ0v) is 18.1. The highest BCUT2D eigenvalue weighted by Gasteiger charge is 2.44. The van der Waals surface area contributed by atoms with Crippen molar-refractivity contribution in [2.75, 3.05) is 0 Å². The predicted octanol–water partition coefficient (Wildman–Crippen LogP) is 5.14. The van der Waals surface area contributed by atoms with Crippen LogP contribution in [0, 0.1) is 5.21 Å². The Morgan fingerprint density at radius 2 is 1.81 bits per heavy atom. The van der Waals surface area contributed by atoms with Crippen LogP contribution in [0.2, 0.25) is 0 Å². The summed E-state index contributed by atoms with van der Waals surface area (Å²) in [5.41, 5.74) is 1.65. The van der Waals surface area contributed by atoms with Crippen LogP contribution in [0.1, 0.15) is 60.4 Å². The van der Waals surface area contributed by atoms with Crippen molar-refractivity contribution in [2.24, 2.45) is 0 Å². The van der Waals surface area contributed by atoms with E-state index in [4.69, 9.17) is 14.3 Å². The first-order valence-corrected chi connectivity index (χ1v) is 11.2. The van der Waals surface area contributed by atoms with Crippen LogP contribution < -0.4 is 0 Å². The van der Waals surface area contributed by atoms with Crippen molar-refractivity contribution in [1.82, 2.24) is 0 Å². The molecule has 32 heavy (non-hydrogen) atoms. The van der Waals surface area contributed by atoms with E-state index in [9.17, 15) is 10.0 Å². The lowest BCUT2D eigenvalue weighted by molar-refractivity contribution is -0.788. The van der Waals surface area contributed by atoms with Gasteiger partial charge in [0.2, 0.25) is 0 Å². The number of benzene rings is 2. The zero-order chi connectivity index (χ0) is 22.4. The van der Waals surface area contributed by atoms with Crippen LogP contribution in [0.15, 0.2) is 73.3 Å². The maximum absolute atomic E-state index is 12.6. The lowest BCUT2D eigenvalue weighted by atomic mass is 9.81. The topological polar surface area (TPSA) is 70.8 Å². The Morgan fingerprint density at radius 3 is 2.53 bits per heavy atom. The van der Waals surface area contributed by atoms with E-state index in [2.05, 4.69) is 18.7 Å². The van der Waals surface area contributed by atoms with Crippen molar-refractivity contribution in [3.63, 3.8) is 0 Å². The molecule has 0 aromatic heterocycles. The molecule has 0 spiro atoms. The Labute approximate surface area is 188 Å². The first-order chi connectivity index (χ1) is 15.6. The Balaban J connectivity index is 1.53. The fourth-order valence-electron chi connectivity index (χ4n) is 4.63. The highest BCUT2D eigenvalue weighted by Crippen LogP contribution is 2.40. The average molecular weight is 436 g/mol. The molecule has 1 heterocycles. The maximum atomic E-state index is 12.6. The van der Waals surface area contributed by atoms with Crippen molar-refractivity contribution in [2.45, 2.75) is 62.4 Å². The third-order valence-electron chi connectivity index (χ3n) is 6.08. The van der Waals surface area contributed by atoms with Crippen LogP contribution in [0.5, 0.6) is 0 Å². The Kier molecular flexibility index (Phi) is 6.90. The van der Waals surface area contributed by atoms with E-state index in [0.717, 1.165) is 25.7 Å². The predicted molar refractivity (Wildman–Crippen MR) is 121 cm³/mol. The standard InChI is InChI=1S/C26H29NO5/c1-2-17-26(31-24-16-10-9-15-23(24)20-11-5-3-6-12-20)18-22(19-27(29)32-26)30-25(28)21-13-7-4-8-14-21/h2-8,11-14,19,22-24H,1,9-10,15-18H2/t22-,23-,24+,26+/m0/s1. The average Bonchev–Trinajstić information content (AvgIpc) is 2.80. The lowest BCUT2D eigenvalue weighted by Gasteiger charge is -2.44. The number of nitrogens with zero attached hydrogens (tertiary/aromatic N) is 1. The normalized spacial score (nSPS) is 27.6. The summed E-state index contributed by atoms with van der Waals surface area (Å²) >= 11 is 0. The molecule has 0 unspecified atom stereocenters. The van der Waals surface area contributed by atoms with Crippen LogP contribution in [0.4, 0.5) is 0 Å². The molecule has 2 aromatic rings. The van der Waals surface area contributed by atoms with Gasteiger partial charge in [0.25, 0.3) is 6.21 Å². The molecule has 0 radical (unpaired) electrons. The first kappa shape index (κ1) is 22.1. The monoisotopic (exact) mass is 435 g/mol. The molecule has 4 rings (SSSR count). The second-order valence-electron chi connectivity index (χ2n) is 8.40. The van der Waals surface area contributed by atoms with Crippen LogP contribution in [0.25, 0.3) is 0 Å². The Bertz CT molecular complexity index is 945. The van der Waals surface area contributed by atoms with E-state index in [-0.39, 0.29) is 18.4 Å². The molecular formula is C26H29NO5. The highest BCUT2D eigenvalue weighted by molar-refractivity contribution is 5.90. The van der Waals surface area contributed by atoms with Gasteiger partial charge in [-0.3, -0.25) is 5.21 Å². The lowest BCUT2D eigenvalue weighted by Crippen LogP contribution is -2.50. The number of esters is 1. The Morgan fingerprint density at radius 1 is 1.12 bits per heavy atom. The van der Waals surface area contributed by atoms with Crippen molar-refractivity contribution in [3.8, 4) is 0 Å². The van der Waals surface area contributed by atoms with Crippen LogP contribution in [-0.2, 0) is 14.3 Å². The molecule has 1 aliphatic carbocycles. The van der Waals surface area contributed by atoms with E-state index in [1.807, 2.05) is 24.3 Å². The van der Waals surface area contributed by atoms with E-state index in [1.165, 1.54) is 11.8 Å². The van der Waals surface area contributed by atoms with Crippen molar-refractivity contribution < 1.29 is 24.0 Å². The van der Waals surface area contributed by atoms with Gasteiger partial charge in [-0.2, -0.15) is 0 Å². The van der Waals surface area contributed by atoms with Gasteiger partial charge >= 0.3 is 5.97 Å². The second kappa shape index (κ2) is 10.0. The van der Waals surface area contributed by atoms with E-state index < -0.39 is 17.9 Å². The summed E-state index contributed by atoms with van der Waals surface area (Å²) in [5, 5.41) is 12.4. The van der Waals surface area contributed by atoms with Gasteiger partial charge in [-0.05, 0) is 30.5 Å². The minimum Gasteiger partial charge on any atom is -0.448 e. The van der Waals surface area contributed by atoms with Gasteiger partial charge in [-0.25, -0.2) is 4.79 Å². The minimum atomic E-state index is -1.24. The molecule has 0 saturated heterocycles. The number of carbonyl (C=O) groups excluding carboxylic acids is 1. The molecule has 1 saturated carbocycles. The number of ether oxygens (including phenoxy) is 2. The zero-order valence-electron chi connectivity index (χ0n) is 18.1. The van der Waals surface area contributed by atoms with Gasteiger partial charge in [0.05, 0.1) is 11.7 Å². The molecule has 1 fully saturated rings. The third kappa shape index (κ3) is 5.19. The first-order valence-electron chi connectivity index (χ1n) is 11.2. The van der Waals surface area contributed by atoms with Gasteiger partial charge in [0, 0.05) is 23.7 Å². The number of carbonyl (C=O) groups is 1. The molecule has 6 nitrogen and oxygen atoms in total. The molecule has 1 aliphatic heterocycles. The van der Waals surface area contributed by atoms with E-state index in [0.29, 0.717) is 16.9 Å². The molecule has 2 aromatic carbocycles. The Hall–Kier alpha value is -3.12.